The van der Waals surface area contributed by atoms with Gasteiger partial charge < -0.3 is 14.2 Å². The summed E-state index contributed by atoms with van der Waals surface area (Å²) in [5, 5.41) is 0. The van der Waals surface area contributed by atoms with Gasteiger partial charge in [0.05, 0.1) is 23.0 Å². The lowest BCUT2D eigenvalue weighted by Gasteiger charge is -2.49. The maximum Gasteiger partial charge on any atom is 0.147 e. The molecule has 0 fully saturated rings. The quantitative estimate of drug-likeness (QED) is 0.0745. The summed E-state index contributed by atoms with van der Waals surface area (Å²) in [4.78, 5) is 30.6. The van der Waals surface area contributed by atoms with Crippen LogP contribution in [0.2, 0.25) is 0 Å². The molecule has 0 N–H and O–H groups in total. The molecule has 2 heterocycles. The number of Topliss-reactive ketones (excluding diaryl/α,β-unsaturated/α-hetero) is 2. The van der Waals surface area contributed by atoms with E-state index in [9.17, 15) is 0 Å². The van der Waals surface area contributed by atoms with E-state index < -0.39 is 23.0 Å². The van der Waals surface area contributed by atoms with Crippen LogP contribution in [0.3, 0.4) is 0 Å². The SMILES string of the molecule is CCCCCCCC(CC(=O)C1c2ccccc2Oc2ccccc21)(OC(CCCCCCC)(CC(=O)C1c2ccccc2Oc2ccccc21)C(C)C)C(C)C. The fourth-order valence-electron chi connectivity index (χ4n) is 9.34. The molecule has 0 bridgehead atoms. The van der Waals surface area contributed by atoms with Crippen LogP contribution in [0.1, 0.15) is 166 Å². The van der Waals surface area contributed by atoms with Crippen molar-refractivity contribution in [3.8, 4) is 23.0 Å². The van der Waals surface area contributed by atoms with E-state index in [1.807, 2.05) is 97.1 Å². The van der Waals surface area contributed by atoms with Gasteiger partial charge in [-0.2, -0.15) is 0 Å². The van der Waals surface area contributed by atoms with Crippen molar-refractivity contribution in [1.82, 2.24) is 0 Å². The highest BCUT2D eigenvalue weighted by Gasteiger charge is 2.50. The summed E-state index contributed by atoms with van der Waals surface area (Å²) >= 11 is 0. The van der Waals surface area contributed by atoms with Crippen LogP contribution in [0, 0.1) is 11.8 Å². The molecular weight excluding hydrogens is 705 g/mol. The van der Waals surface area contributed by atoms with Crippen molar-refractivity contribution in [1.29, 1.82) is 0 Å². The third kappa shape index (κ3) is 9.57. The Bertz CT molecular complexity index is 1710. The van der Waals surface area contributed by atoms with E-state index >= 15 is 9.59 Å². The number of para-hydroxylation sites is 4. The summed E-state index contributed by atoms with van der Waals surface area (Å²) in [5.74, 6) is 2.33. The average molecular weight is 771 g/mol. The van der Waals surface area contributed by atoms with E-state index in [-0.39, 0.29) is 36.2 Å². The van der Waals surface area contributed by atoms with Gasteiger partial charge in [-0.25, -0.2) is 0 Å². The standard InChI is InChI=1S/C52H66O5/c1-7-9-11-13-23-33-51(37(3)4,35-43(53)49-39-25-15-19-29-45(39)55-46-30-20-16-26-40(46)49)57-52(38(5)6,34-24-14-12-10-8-2)36-44(54)50-41-27-17-21-31-47(41)56-48-32-22-18-28-42(48)50/h15-22,25-32,37-38,49-50H,7-14,23-24,33-36H2,1-6H3. The summed E-state index contributed by atoms with van der Waals surface area (Å²) in [5.41, 5.74) is 2.04. The molecule has 4 aromatic carbocycles. The minimum atomic E-state index is -0.787. The minimum absolute atomic E-state index is 0.0239. The Kier molecular flexibility index (Phi) is 14.5. The zero-order valence-electron chi connectivity index (χ0n) is 35.5. The van der Waals surface area contributed by atoms with Gasteiger partial charge in [-0.05, 0) is 48.9 Å². The number of ether oxygens (including phenoxy) is 3. The normalized spacial score (nSPS) is 15.7. The molecule has 0 amide bonds. The van der Waals surface area contributed by atoms with Crippen molar-refractivity contribution in [3.05, 3.63) is 119 Å². The Morgan fingerprint density at radius 2 is 0.789 bits per heavy atom. The van der Waals surface area contributed by atoms with Gasteiger partial charge in [-0.1, -0.05) is 179 Å². The molecule has 57 heavy (non-hydrogen) atoms. The molecule has 0 saturated carbocycles. The highest BCUT2D eigenvalue weighted by atomic mass is 16.5. The van der Waals surface area contributed by atoms with Crippen LogP contribution < -0.4 is 9.47 Å². The van der Waals surface area contributed by atoms with Gasteiger partial charge in [-0.15, -0.1) is 0 Å². The number of hydrogen-bond donors (Lipinski definition) is 0. The first-order chi connectivity index (χ1) is 27.6. The summed E-state index contributed by atoms with van der Waals surface area (Å²) < 4.78 is 20.6. The molecule has 0 radical (unpaired) electrons. The second kappa shape index (κ2) is 19.5. The maximum absolute atomic E-state index is 15.3. The number of ketones is 2. The van der Waals surface area contributed by atoms with Crippen LogP contribution in [0.4, 0.5) is 0 Å². The van der Waals surface area contributed by atoms with Gasteiger partial charge in [0.2, 0.25) is 0 Å². The predicted molar refractivity (Wildman–Crippen MR) is 232 cm³/mol. The number of hydrogen-bond acceptors (Lipinski definition) is 5. The van der Waals surface area contributed by atoms with E-state index in [1.165, 1.54) is 25.7 Å². The van der Waals surface area contributed by atoms with Gasteiger partial charge in [0.15, 0.2) is 0 Å². The Morgan fingerprint density at radius 3 is 1.09 bits per heavy atom. The summed E-state index contributed by atoms with van der Waals surface area (Å²) in [6.45, 7) is 13.4. The molecular formula is C52H66O5. The van der Waals surface area contributed by atoms with Crippen molar-refractivity contribution in [2.75, 3.05) is 0 Å². The van der Waals surface area contributed by atoms with E-state index in [0.717, 1.165) is 96.6 Å². The van der Waals surface area contributed by atoms with Crippen molar-refractivity contribution in [2.45, 2.75) is 154 Å². The number of carbonyl (C=O) groups is 2. The molecule has 304 valence electrons. The Balaban J connectivity index is 1.42. The van der Waals surface area contributed by atoms with Crippen molar-refractivity contribution < 1.29 is 23.8 Å². The first-order valence-electron chi connectivity index (χ1n) is 22.1. The lowest BCUT2D eigenvalue weighted by atomic mass is 9.72. The van der Waals surface area contributed by atoms with Crippen LogP contribution in [-0.2, 0) is 14.3 Å². The lowest BCUT2D eigenvalue weighted by Crippen LogP contribution is -2.53. The van der Waals surface area contributed by atoms with E-state index in [1.54, 1.807) is 0 Å². The van der Waals surface area contributed by atoms with E-state index in [4.69, 9.17) is 14.2 Å². The Morgan fingerprint density at radius 1 is 0.491 bits per heavy atom. The van der Waals surface area contributed by atoms with Gasteiger partial charge in [-0.3, -0.25) is 9.59 Å². The number of carbonyl (C=O) groups excluding carboxylic acids is 2. The highest BCUT2D eigenvalue weighted by molar-refractivity contribution is 5.93. The summed E-state index contributed by atoms with van der Waals surface area (Å²) in [6, 6.07) is 31.9. The topological polar surface area (TPSA) is 61.8 Å². The van der Waals surface area contributed by atoms with Crippen molar-refractivity contribution in [2.24, 2.45) is 11.8 Å². The average Bonchev–Trinajstić information content (AvgIpc) is 3.21. The first-order valence-corrected chi connectivity index (χ1v) is 22.1. The molecule has 0 spiro atoms. The van der Waals surface area contributed by atoms with Crippen LogP contribution in [0.25, 0.3) is 0 Å². The van der Waals surface area contributed by atoms with Gasteiger partial charge in [0, 0.05) is 35.1 Å². The van der Waals surface area contributed by atoms with Gasteiger partial charge in [0.1, 0.15) is 34.6 Å². The monoisotopic (exact) mass is 770 g/mol. The van der Waals surface area contributed by atoms with E-state index in [2.05, 4.69) is 41.5 Å². The Labute approximate surface area is 342 Å². The predicted octanol–water partition coefficient (Wildman–Crippen LogP) is 14.3. The molecule has 5 nitrogen and oxygen atoms in total. The molecule has 2 atom stereocenters. The molecule has 0 aromatic heterocycles. The molecule has 2 unspecified atom stereocenters. The van der Waals surface area contributed by atoms with Crippen LogP contribution in [0.15, 0.2) is 97.1 Å². The molecule has 5 heteroatoms. The smallest absolute Gasteiger partial charge is 0.147 e. The third-order valence-electron chi connectivity index (χ3n) is 12.9. The Hall–Kier alpha value is -4.22. The highest BCUT2D eigenvalue weighted by Crippen LogP contribution is 2.50. The largest absolute Gasteiger partial charge is 0.457 e. The fraction of sp³-hybridized carbons (Fsp3) is 0.500. The zero-order chi connectivity index (χ0) is 40.4. The molecule has 4 aromatic rings. The lowest BCUT2D eigenvalue weighted by molar-refractivity contribution is -0.209. The maximum atomic E-state index is 15.3. The van der Waals surface area contributed by atoms with E-state index in [0.29, 0.717) is 0 Å². The van der Waals surface area contributed by atoms with Crippen molar-refractivity contribution in [3.63, 3.8) is 0 Å². The number of rotatable bonds is 22. The first kappa shape index (κ1) is 42.4. The molecule has 2 aliphatic rings. The van der Waals surface area contributed by atoms with Crippen molar-refractivity contribution >= 4 is 11.6 Å². The number of benzene rings is 4. The summed E-state index contributed by atoms with van der Waals surface area (Å²) in [7, 11) is 0. The summed E-state index contributed by atoms with van der Waals surface area (Å²) in [6.07, 6.45) is 13.2. The minimum Gasteiger partial charge on any atom is -0.457 e. The second-order valence-electron chi connectivity index (χ2n) is 17.4. The van der Waals surface area contributed by atoms with Crippen LogP contribution >= 0.6 is 0 Å². The fourth-order valence-corrected chi connectivity index (χ4v) is 9.34. The third-order valence-corrected chi connectivity index (χ3v) is 12.9. The number of fused-ring (bicyclic) bond motifs is 4. The van der Waals surface area contributed by atoms with Gasteiger partial charge >= 0.3 is 0 Å². The molecule has 0 aliphatic carbocycles. The van der Waals surface area contributed by atoms with Gasteiger partial charge in [0.25, 0.3) is 0 Å². The molecule has 0 saturated heterocycles. The molecule has 6 rings (SSSR count). The van der Waals surface area contributed by atoms with Crippen LogP contribution in [-0.4, -0.2) is 22.8 Å². The zero-order valence-corrected chi connectivity index (χ0v) is 35.5. The van der Waals surface area contributed by atoms with Crippen LogP contribution in [0.5, 0.6) is 23.0 Å². The number of unbranched alkanes of at least 4 members (excludes halogenated alkanes) is 8. The second-order valence-corrected chi connectivity index (χ2v) is 17.4. The molecule has 2 aliphatic heterocycles.